The number of allylic oxidation sites excluding steroid dienone is 4. The minimum Gasteiger partial charge on any atom is -0.612 e. The zero-order valence-electron chi connectivity index (χ0n) is 13.4. The van der Waals surface area contributed by atoms with E-state index in [1.165, 1.54) is 12.2 Å². The summed E-state index contributed by atoms with van der Waals surface area (Å²) < 4.78 is 0. The Hall–Kier alpha value is -3.53. The molecule has 0 radical (unpaired) electrons. The molecule has 1 aliphatic rings. The van der Waals surface area contributed by atoms with Gasteiger partial charge >= 0.3 is 0 Å². The fourth-order valence-electron chi connectivity index (χ4n) is 2.44. The standard InChI is InChI=1S/C21H16NO3/c23-21(15-6-16-4-2-1-3-5-16)19-9-7-17(8-10-19)18-11-13-20(14-12-18)22(24)25/h1-15H,(H-,23,24,25)/q-1/b15-6+. The normalized spacial score (nSPS) is 13.4. The van der Waals surface area contributed by atoms with Gasteiger partial charge in [-0.25, -0.2) is 0 Å². The van der Waals surface area contributed by atoms with Crippen LogP contribution >= 0.6 is 0 Å². The van der Waals surface area contributed by atoms with Crippen LogP contribution in [0.15, 0.2) is 85.0 Å². The molecule has 4 nitrogen and oxygen atoms in total. The first-order valence-electron chi connectivity index (χ1n) is 7.78. The summed E-state index contributed by atoms with van der Waals surface area (Å²) in [6.07, 6.45) is 9.90. The van der Waals surface area contributed by atoms with Gasteiger partial charge in [-0.1, -0.05) is 60.7 Å². The van der Waals surface area contributed by atoms with Crippen molar-refractivity contribution in [2.24, 2.45) is 0 Å². The molecule has 2 aromatic carbocycles. The third-order valence-electron chi connectivity index (χ3n) is 3.83. The van der Waals surface area contributed by atoms with E-state index in [4.69, 9.17) is 0 Å². The highest BCUT2D eigenvalue weighted by Crippen LogP contribution is 2.06. The second-order valence-electron chi connectivity index (χ2n) is 5.51. The van der Waals surface area contributed by atoms with Crippen molar-refractivity contribution in [3.63, 3.8) is 0 Å². The summed E-state index contributed by atoms with van der Waals surface area (Å²) in [5.74, 6) is 0.180. The highest BCUT2D eigenvalue weighted by Gasteiger charge is 2.03. The monoisotopic (exact) mass is 330 g/mol. The molecule has 0 amide bonds. The first-order valence-corrected chi connectivity index (χ1v) is 7.78. The summed E-state index contributed by atoms with van der Waals surface area (Å²) in [6, 6.07) is 17.1. The highest BCUT2D eigenvalue weighted by molar-refractivity contribution is 6.05. The van der Waals surface area contributed by atoms with Crippen LogP contribution in [0.1, 0.15) is 5.56 Å². The third-order valence-corrected chi connectivity index (χ3v) is 3.83. The molecule has 0 atom stereocenters. The lowest BCUT2D eigenvalue weighted by molar-refractivity contribution is -0.377. The molecule has 4 heteroatoms. The van der Waals surface area contributed by atoms with E-state index in [0.717, 1.165) is 16.4 Å². The summed E-state index contributed by atoms with van der Waals surface area (Å²) in [5.41, 5.74) is 1.96. The molecule has 0 saturated heterocycles. The first-order chi connectivity index (χ1) is 12.1. The van der Waals surface area contributed by atoms with E-state index in [2.05, 4.69) is 0 Å². The number of hydrogen-bond acceptors (Lipinski definition) is 3. The third kappa shape index (κ3) is 4.06. The summed E-state index contributed by atoms with van der Waals surface area (Å²) in [4.78, 5) is -0.418. The SMILES string of the molecule is [O-][N+]([O-])=C1C=CC(=c2ccc(=C(O)/C=C/c3ccccc3)cc2)C=C1. The van der Waals surface area contributed by atoms with E-state index in [0.29, 0.717) is 5.22 Å². The van der Waals surface area contributed by atoms with Gasteiger partial charge in [-0.3, -0.25) is 0 Å². The van der Waals surface area contributed by atoms with E-state index in [9.17, 15) is 15.5 Å². The molecule has 0 unspecified atom stereocenters. The Bertz CT molecular complexity index is 967. The molecule has 3 rings (SSSR count). The van der Waals surface area contributed by atoms with Crippen molar-refractivity contribution in [1.82, 2.24) is 0 Å². The number of benzene rings is 2. The average molecular weight is 330 g/mol. The van der Waals surface area contributed by atoms with E-state index in [1.54, 1.807) is 18.2 Å². The van der Waals surface area contributed by atoms with Crippen molar-refractivity contribution in [2.75, 3.05) is 0 Å². The van der Waals surface area contributed by atoms with Gasteiger partial charge in [0, 0.05) is 17.4 Å². The van der Waals surface area contributed by atoms with Crippen molar-refractivity contribution in [3.8, 4) is 0 Å². The maximum absolute atomic E-state index is 10.7. The van der Waals surface area contributed by atoms with Crippen molar-refractivity contribution in [2.45, 2.75) is 0 Å². The smallest absolute Gasteiger partial charge is 0.222 e. The van der Waals surface area contributed by atoms with Gasteiger partial charge in [0.2, 0.25) is 5.71 Å². The van der Waals surface area contributed by atoms with Crippen LogP contribution in [0, 0.1) is 10.4 Å². The minimum atomic E-state index is -0.418. The van der Waals surface area contributed by atoms with E-state index in [-0.39, 0.29) is 11.5 Å². The average Bonchev–Trinajstić information content (AvgIpc) is 2.67. The fraction of sp³-hybridized carbons (Fsp3) is 0. The topological polar surface area (TPSA) is 69.4 Å². The Balaban J connectivity index is 1.89. The van der Waals surface area contributed by atoms with Crippen LogP contribution in [-0.2, 0) is 0 Å². The lowest BCUT2D eigenvalue weighted by Crippen LogP contribution is -2.13. The number of rotatable bonds is 2. The van der Waals surface area contributed by atoms with Gasteiger partial charge in [-0.2, -0.15) is 4.90 Å². The molecule has 0 bridgehead atoms. The summed E-state index contributed by atoms with van der Waals surface area (Å²) in [6.45, 7) is 0. The van der Waals surface area contributed by atoms with E-state index < -0.39 is 4.90 Å². The second-order valence-corrected chi connectivity index (χ2v) is 5.51. The van der Waals surface area contributed by atoms with Gasteiger partial charge in [-0.15, -0.1) is 0 Å². The molecule has 1 aliphatic carbocycles. The van der Waals surface area contributed by atoms with Gasteiger partial charge < -0.3 is 15.5 Å². The molecule has 25 heavy (non-hydrogen) atoms. The van der Waals surface area contributed by atoms with Gasteiger partial charge in [0.25, 0.3) is 0 Å². The molecule has 0 aliphatic heterocycles. The number of aliphatic hydroxyl groups excluding tert-OH is 1. The van der Waals surface area contributed by atoms with E-state index >= 15 is 0 Å². The van der Waals surface area contributed by atoms with Crippen LogP contribution in [0.4, 0.5) is 0 Å². The van der Waals surface area contributed by atoms with Crippen LogP contribution in [0.3, 0.4) is 0 Å². The molecule has 0 saturated carbocycles. The molecule has 1 N–H and O–H groups in total. The molecule has 0 fully saturated rings. The molecular weight excluding hydrogens is 314 g/mol. The summed E-state index contributed by atoms with van der Waals surface area (Å²) in [7, 11) is 0. The fourth-order valence-corrected chi connectivity index (χ4v) is 2.44. The van der Waals surface area contributed by atoms with Crippen molar-refractivity contribution in [3.05, 3.63) is 111 Å². The van der Waals surface area contributed by atoms with Gasteiger partial charge in [-0.05, 0) is 34.6 Å². The second kappa shape index (κ2) is 7.36. The van der Waals surface area contributed by atoms with Crippen LogP contribution in [0.25, 0.3) is 17.4 Å². The number of hydrogen-bond donors (Lipinski definition) is 1. The molecule has 0 aromatic heterocycles. The molecule has 2 aromatic rings. The predicted octanol–water partition coefficient (Wildman–Crippen LogP) is 2.79. The minimum absolute atomic E-state index is 0.0670. The Morgan fingerprint density at radius 2 is 1.48 bits per heavy atom. The van der Waals surface area contributed by atoms with E-state index in [1.807, 2.05) is 60.7 Å². The Labute approximate surface area is 145 Å². The van der Waals surface area contributed by atoms with Gasteiger partial charge in [0.15, 0.2) is 0 Å². The van der Waals surface area contributed by atoms with Crippen LogP contribution in [0.2, 0.25) is 0 Å². The lowest BCUT2D eigenvalue weighted by atomic mass is 10.1. The summed E-state index contributed by atoms with van der Waals surface area (Å²) in [5, 5.41) is 33.2. The Morgan fingerprint density at radius 3 is 2.08 bits per heavy atom. The first kappa shape index (κ1) is 16.3. The molecule has 0 spiro atoms. The largest absolute Gasteiger partial charge is 0.612 e. The van der Waals surface area contributed by atoms with Crippen molar-refractivity contribution in [1.29, 1.82) is 0 Å². The zero-order chi connectivity index (χ0) is 17.6. The molecule has 0 heterocycles. The number of nitrogens with zero attached hydrogens (tertiary/aromatic N) is 1. The zero-order valence-corrected chi connectivity index (χ0v) is 13.4. The lowest BCUT2D eigenvalue weighted by Gasteiger charge is -2.08. The Kier molecular flexibility index (Phi) is 4.81. The van der Waals surface area contributed by atoms with Crippen molar-refractivity contribution >= 4 is 23.1 Å². The van der Waals surface area contributed by atoms with Crippen LogP contribution in [0.5, 0.6) is 0 Å². The van der Waals surface area contributed by atoms with Crippen LogP contribution in [-0.4, -0.2) is 15.7 Å². The maximum atomic E-state index is 10.7. The van der Waals surface area contributed by atoms with Gasteiger partial charge in [0.05, 0.1) is 0 Å². The number of aliphatic hydroxyl groups is 1. The van der Waals surface area contributed by atoms with Gasteiger partial charge in [0.1, 0.15) is 5.76 Å². The van der Waals surface area contributed by atoms with Crippen LogP contribution < -0.4 is 10.4 Å². The maximum Gasteiger partial charge on any atom is 0.222 e. The highest BCUT2D eigenvalue weighted by atomic mass is 16.8. The predicted molar refractivity (Wildman–Crippen MR) is 101 cm³/mol. The molecule has 124 valence electrons. The molecular formula is C21H16NO3-. The quantitative estimate of drug-likeness (QED) is 0.680. The van der Waals surface area contributed by atoms with Crippen molar-refractivity contribution < 1.29 is 10.0 Å². The summed E-state index contributed by atoms with van der Waals surface area (Å²) >= 11 is 0. The Morgan fingerprint density at radius 1 is 0.840 bits per heavy atom.